The monoisotopic (exact) mass is 962 g/mol. The number of benzene rings is 2. The van der Waals surface area contributed by atoms with Gasteiger partial charge in [-0.15, -0.1) is 0 Å². The van der Waals surface area contributed by atoms with Gasteiger partial charge in [0.05, 0.1) is 41.2 Å². The lowest BCUT2D eigenvalue weighted by molar-refractivity contribution is -0.167. The van der Waals surface area contributed by atoms with Crippen LogP contribution >= 0.6 is 0 Å². The number of nitrogens with one attached hydrogen (secondary N) is 1. The molecule has 18 nitrogen and oxygen atoms in total. The number of likely N-dealkylation sites (tertiary alicyclic amines) is 1. The molecule has 9 atom stereocenters. The SMILES string of the molecule is CO[C@H]1/C=C/O[C@@]2(C)Oc3c(C)c(O)c4c(O)c(c5c(c4c3C2=O)NC2(CCN(CC(C)C)CC2)N=5)=NC(=O)/C(C)=C\C=C\[C@H](C)[C@H](O)[C@@H](C)[C@@H](O)[C@@H](C)[C@H](OC(=O)CC(=O)OCCN(C)C)[C@@H]1C. The van der Waals surface area contributed by atoms with E-state index in [-0.39, 0.29) is 50.5 Å². The number of aromatic hydroxyl groups is 2. The second-order valence-electron chi connectivity index (χ2n) is 20.1. The predicted molar refractivity (Wildman–Crippen MR) is 256 cm³/mol. The summed E-state index contributed by atoms with van der Waals surface area (Å²) in [5, 5.41) is 51.0. The van der Waals surface area contributed by atoms with Gasteiger partial charge in [0.2, 0.25) is 0 Å². The van der Waals surface area contributed by atoms with Crippen molar-refractivity contribution < 1.29 is 63.3 Å². The number of anilines is 1. The molecule has 1 fully saturated rings. The number of ether oxygens (including phenoxy) is 5. The van der Waals surface area contributed by atoms with Crippen molar-refractivity contribution in [2.45, 2.75) is 117 Å². The number of fused-ring (bicyclic) bond motifs is 1. The van der Waals surface area contributed by atoms with Gasteiger partial charge in [0, 0.05) is 93.2 Å². The van der Waals surface area contributed by atoms with E-state index in [0.717, 1.165) is 6.54 Å². The fourth-order valence-corrected chi connectivity index (χ4v) is 9.75. The predicted octanol–water partition coefficient (Wildman–Crippen LogP) is 4.22. The number of ketones is 1. The molecule has 2 aromatic rings. The van der Waals surface area contributed by atoms with Crippen LogP contribution in [-0.4, -0.2) is 144 Å². The Hall–Kier alpha value is -5.40. The van der Waals surface area contributed by atoms with Gasteiger partial charge < -0.3 is 59.2 Å². The first kappa shape index (κ1) is 53.0. The smallest absolute Gasteiger partial charge is 0.317 e. The number of hydrogen-bond donors (Lipinski definition) is 5. The van der Waals surface area contributed by atoms with Gasteiger partial charge in [0.25, 0.3) is 11.7 Å². The van der Waals surface area contributed by atoms with E-state index in [4.69, 9.17) is 28.7 Å². The number of amides is 1. The molecule has 0 saturated carbocycles. The standard InChI is InChI=1S/C51H71N5O13/c1-26(2)25-56-19-17-51(18-20-56)53-39-36-37-44(61)32(8)47-38(36)48(63)50(9,69-47)67-22-16-33(65-12)29(5)46(68-35(58)24-34(57)66-23-21-55(10)11)31(7)43(60)30(6)42(59)27(3)14-13-15-28(4)49(64)52-41(45(37)62)40(39)54-51/h13-16,22,26-27,29-31,33,42-43,46,53,59-62H,17-21,23-25H2,1-12H3/b14-13+,22-16+,28-15-,52-41?/t27-,29+,30+,31+,33-,42-,43+,46+,50-/m0/s1. The van der Waals surface area contributed by atoms with Gasteiger partial charge in [-0.1, -0.05) is 59.8 Å². The van der Waals surface area contributed by atoms with Crippen LogP contribution in [0.3, 0.4) is 0 Å². The van der Waals surface area contributed by atoms with Crippen LogP contribution in [0.15, 0.2) is 46.1 Å². The lowest BCUT2D eigenvalue weighted by Crippen LogP contribution is -2.47. The maximum absolute atomic E-state index is 14.9. The number of esters is 2. The molecule has 18 heteroatoms. The molecule has 0 aromatic heterocycles. The summed E-state index contributed by atoms with van der Waals surface area (Å²) in [5.74, 6) is -8.44. The average molecular weight is 962 g/mol. The summed E-state index contributed by atoms with van der Waals surface area (Å²) in [7, 11) is 5.05. The van der Waals surface area contributed by atoms with E-state index in [1.807, 2.05) is 19.0 Å². The molecule has 378 valence electrons. The maximum Gasteiger partial charge on any atom is 0.317 e. The summed E-state index contributed by atoms with van der Waals surface area (Å²) in [6.45, 7) is 18.4. The van der Waals surface area contributed by atoms with Crippen LogP contribution in [0.25, 0.3) is 10.8 Å². The number of allylic oxidation sites excluding steroid dienone is 2. The number of hydrogen-bond acceptors (Lipinski definition) is 17. The maximum atomic E-state index is 14.9. The number of Topliss-reactive ketones (excluding diaryl/α,β-unsaturated/α-hetero) is 1. The summed E-state index contributed by atoms with van der Waals surface area (Å²) in [6, 6.07) is 0. The summed E-state index contributed by atoms with van der Waals surface area (Å²) < 4.78 is 29.5. The molecule has 2 aromatic carbocycles. The van der Waals surface area contributed by atoms with Gasteiger partial charge in [-0.2, -0.15) is 0 Å². The molecule has 6 rings (SSSR count). The zero-order chi connectivity index (χ0) is 50.9. The van der Waals surface area contributed by atoms with Gasteiger partial charge in [0.1, 0.15) is 47.0 Å². The molecule has 4 aliphatic rings. The minimum Gasteiger partial charge on any atom is -0.507 e. The fourth-order valence-electron chi connectivity index (χ4n) is 9.75. The first-order chi connectivity index (χ1) is 32.4. The number of aliphatic hydroxyl groups is 2. The Balaban J connectivity index is 1.47. The van der Waals surface area contributed by atoms with E-state index in [0.29, 0.717) is 44.1 Å². The topological polar surface area (TPSA) is 239 Å². The quantitative estimate of drug-likeness (QED) is 0.134. The Kier molecular flexibility index (Phi) is 16.3. The largest absolute Gasteiger partial charge is 0.507 e. The third-order valence-corrected chi connectivity index (χ3v) is 14.0. The minimum atomic E-state index is -2.02. The molecule has 0 radical (unpaired) electrons. The van der Waals surface area contributed by atoms with Gasteiger partial charge in [-0.05, 0) is 39.9 Å². The minimum absolute atomic E-state index is 0.0189. The summed E-state index contributed by atoms with van der Waals surface area (Å²) in [4.78, 5) is 68.6. The number of phenols is 2. The van der Waals surface area contributed by atoms with Crippen molar-refractivity contribution in [3.8, 4) is 17.2 Å². The Morgan fingerprint density at radius 3 is 2.28 bits per heavy atom. The van der Waals surface area contributed by atoms with Crippen molar-refractivity contribution in [1.82, 2.24) is 9.80 Å². The fraction of sp³-hybridized carbons (Fsp3) is 0.608. The number of carbonyl (C=O) groups is 4. The highest BCUT2D eigenvalue weighted by atomic mass is 16.7. The van der Waals surface area contributed by atoms with Gasteiger partial charge in [-0.3, -0.25) is 24.2 Å². The number of piperidine rings is 1. The van der Waals surface area contributed by atoms with Crippen LogP contribution < -0.4 is 20.8 Å². The van der Waals surface area contributed by atoms with E-state index in [1.54, 1.807) is 46.8 Å². The number of methoxy groups -OCH3 is 1. The number of aliphatic hydroxyl groups excluding tert-OH is 2. The number of rotatable bonds is 9. The van der Waals surface area contributed by atoms with Crippen molar-refractivity contribution in [3.05, 3.63) is 58.0 Å². The van der Waals surface area contributed by atoms with E-state index in [2.05, 4.69) is 29.1 Å². The molecule has 0 aliphatic carbocycles. The molecular formula is C51H71N5O13. The molecule has 1 amide bonds. The Morgan fingerprint density at radius 2 is 1.64 bits per heavy atom. The summed E-state index contributed by atoms with van der Waals surface area (Å²) >= 11 is 0. The van der Waals surface area contributed by atoms with Crippen LogP contribution in [0.1, 0.15) is 90.6 Å². The van der Waals surface area contributed by atoms with Gasteiger partial charge >= 0.3 is 17.7 Å². The molecule has 0 unspecified atom stereocenters. The number of nitrogens with zero attached hydrogens (tertiary/aromatic N) is 4. The van der Waals surface area contributed by atoms with E-state index >= 15 is 0 Å². The lowest BCUT2D eigenvalue weighted by atomic mass is 9.78. The Morgan fingerprint density at radius 1 is 0.957 bits per heavy atom. The Bertz CT molecular complexity index is 2530. The molecule has 4 heterocycles. The lowest BCUT2D eigenvalue weighted by Gasteiger charge is -2.38. The van der Waals surface area contributed by atoms with Crippen molar-refractivity contribution >= 4 is 40.1 Å². The molecule has 4 aliphatic heterocycles. The molecule has 1 saturated heterocycles. The number of likely N-dealkylation sites (N-methyl/N-ethyl adjacent to an activating group) is 1. The number of carbonyl (C=O) groups excluding carboxylic acids is 4. The van der Waals surface area contributed by atoms with Gasteiger partial charge in [0.15, 0.2) is 5.75 Å². The molecule has 1 spiro atoms. The van der Waals surface area contributed by atoms with Crippen LogP contribution in [0.2, 0.25) is 0 Å². The molecule has 5 N–H and O–H groups in total. The van der Waals surface area contributed by atoms with Crippen molar-refractivity contribution in [2.75, 3.05) is 59.3 Å². The van der Waals surface area contributed by atoms with Crippen LogP contribution in [0.5, 0.6) is 17.2 Å². The highest BCUT2D eigenvalue weighted by Crippen LogP contribution is 2.51. The average Bonchev–Trinajstić information content (AvgIpc) is 3.79. The van der Waals surface area contributed by atoms with E-state index in [1.165, 1.54) is 39.4 Å². The first-order valence-electron chi connectivity index (χ1n) is 23.8. The summed E-state index contributed by atoms with van der Waals surface area (Å²) in [5.41, 5.74) is -0.264. The van der Waals surface area contributed by atoms with Crippen molar-refractivity contribution in [2.24, 2.45) is 39.6 Å². The third-order valence-electron chi connectivity index (χ3n) is 14.0. The van der Waals surface area contributed by atoms with Crippen molar-refractivity contribution in [3.63, 3.8) is 0 Å². The molecule has 69 heavy (non-hydrogen) atoms. The zero-order valence-corrected chi connectivity index (χ0v) is 42.0. The Labute approximate surface area is 403 Å². The second kappa shape index (κ2) is 21.3. The third kappa shape index (κ3) is 11.0. The second-order valence-corrected chi connectivity index (χ2v) is 20.1. The van der Waals surface area contributed by atoms with Crippen LogP contribution in [0, 0.1) is 36.5 Å². The molecule has 4 bridgehead atoms. The normalized spacial score (nSPS) is 30.2. The number of phenolic OH excluding ortho intramolecular Hbond substituents is 2. The van der Waals surface area contributed by atoms with Gasteiger partial charge in [-0.25, -0.2) is 4.99 Å². The first-order valence-corrected chi connectivity index (χ1v) is 23.8. The van der Waals surface area contributed by atoms with Crippen LogP contribution in [0.4, 0.5) is 5.69 Å². The molecular weight excluding hydrogens is 891 g/mol. The van der Waals surface area contributed by atoms with E-state index < -0.39 is 101 Å². The summed E-state index contributed by atoms with van der Waals surface area (Å²) in [6.07, 6.45) is 3.57. The zero-order valence-electron chi connectivity index (χ0n) is 42.0. The van der Waals surface area contributed by atoms with Crippen LogP contribution in [-0.2, 0) is 33.3 Å². The van der Waals surface area contributed by atoms with Crippen molar-refractivity contribution in [1.29, 1.82) is 0 Å². The highest BCUT2D eigenvalue weighted by molar-refractivity contribution is 6.21. The van der Waals surface area contributed by atoms with E-state index in [9.17, 15) is 39.6 Å². The highest BCUT2D eigenvalue weighted by Gasteiger charge is 2.51.